The second kappa shape index (κ2) is 16.7. The van der Waals surface area contributed by atoms with Crippen LogP contribution in [0.5, 0.6) is 0 Å². The summed E-state index contributed by atoms with van der Waals surface area (Å²) in [4.78, 5) is 2.19. The minimum absolute atomic E-state index is 0.214. The summed E-state index contributed by atoms with van der Waals surface area (Å²) in [6.45, 7) is 0. The Morgan fingerprint density at radius 1 is 0.290 bits per heavy atom. The zero-order chi connectivity index (χ0) is 47.2. The molecule has 0 saturated heterocycles. The van der Waals surface area contributed by atoms with Crippen LogP contribution in [0.4, 0.5) is 17.1 Å². The first-order valence-electron chi connectivity index (χ1n) is 21.8. The maximum absolute atomic E-state index is 10.4. The third-order valence-electron chi connectivity index (χ3n) is 12.7. The largest absolute Gasteiger partial charge is 0.310 e. The molecule has 2 aromatic heterocycles. The summed E-state index contributed by atoms with van der Waals surface area (Å²) >= 11 is 0. The maximum Gasteiger partial charge on any atom is 0.101 e. The van der Waals surface area contributed by atoms with E-state index in [0.717, 1.165) is 82.9 Å². The molecule has 0 fully saturated rings. The number of benzene rings is 9. The second-order valence-electron chi connectivity index (χ2n) is 16.4. The molecule has 9 nitrogen and oxygen atoms in total. The lowest BCUT2D eigenvalue weighted by Gasteiger charge is -2.26. The summed E-state index contributed by atoms with van der Waals surface area (Å²) in [5, 5.41) is 64.6. The van der Waals surface area contributed by atoms with Crippen molar-refractivity contribution < 1.29 is 0 Å². The first-order valence-corrected chi connectivity index (χ1v) is 21.8. The molecular weight excluding hydrogens is 847 g/mol. The Hall–Kier alpha value is -10.7. The number of anilines is 3. The second-order valence-corrected chi connectivity index (χ2v) is 16.4. The molecule has 0 radical (unpaired) electrons. The predicted molar refractivity (Wildman–Crippen MR) is 269 cm³/mol. The van der Waals surface area contributed by atoms with Gasteiger partial charge in [0.25, 0.3) is 0 Å². The highest BCUT2D eigenvalue weighted by molar-refractivity contribution is 6.13. The van der Waals surface area contributed by atoms with Crippen molar-refractivity contribution in [1.29, 1.82) is 31.6 Å². The van der Waals surface area contributed by atoms with Gasteiger partial charge in [-0.05, 0) is 107 Å². The van der Waals surface area contributed by atoms with Crippen molar-refractivity contribution >= 4 is 60.7 Å². The minimum atomic E-state index is 0.214. The molecule has 0 aliphatic rings. The van der Waals surface area contributed by atoms with Gasteiger partial charge in [-0.3, -0.25) is 0 Å². The smallest absolute Gasteiger partial charge is 0.101 e. The van der Waals surface area contributed by atoms with E-state index in [4.69, 9.17) is 0 Å². The number of fused-ring (bicyclic) bond motifs is 6. The van der Waals surface area contributed by atoms with Gasteiger partial charge in [0.15, 0.2) is 0 Å². The van der Waals surface area contributed by atoms with Crippen LogP contribution in [0.2, 0.25) is 0 Å². The lowest BCUT2D eigenvalue weighted by molar-refractivity contribution is 1.15. The first-order chi connectivity index (χ1) is 33.9. The van der Waals surface area contributed by atoms with Gasteiger partial charge in [-0.1, -0.05) is 103 Å². The summed E-state index contributed by atoms with van der Waals surface area (Å²) in [7, 11) is 0. The van der Waals surface area contributed by atoms with Crippen molar-refractivity contribution in [2.75, 3.05) is 4.90 Å². The molecule has 0 spiro atoms. The molecule has 9 heteroatoms. The van der Waals surface area contributed by atoms with Crippen molar-refractivity contribution in [3.63, 3.8) is 0 Å². The Labute approximate surface area is 396 Å². The average molecular weight is 878 g/mol. The van der Waals surface area contributed by atoms with Gasteiger partial charge in [0.1, 0.15) is 24.3 Å². The Morgan fingerprint density at radius 2 is 0.623 bits per heavy atom. The van der Waals surface area contributed by atoms with Crippen molar-refractivity contribution in [1.82, 2.24) is 9.13 Å². The molecule has 0 N–H and O–H groups in total. The number of nitrogens with zero attached hydrogens (tertiary/aromatic N) is 9. The molecule has 0 unspecified atom stereocenters. The molecule has 0 bridgehead atoms. The standard InChI is InChI=1S/C60H31N9/c61-32-38-26-44(34-63)59(45(27-38)35-64)68-55-12-6-4-10-51(55)53-30-49(22-24-57(53)68)67(48-20-18-43(19-21-48)42-16-14-41(15-17-42)40-8-2-1-3-9-40)50-23-25-58-54(31-50)52-11-5-7-13-56(52)69(58)60-46(36-65)28-39(33-62)29-47(60)37-66/h1-31H. The zero-order valence-corrected chi connectivity index (χ0v) is 36.4. The summed E-state index contributed by atoms with van der Waals surface area (Å²) in [6.07, 6.45) is 0. The van der Waals surface area contributed by atoms with E-state index in [1.54, 1.807) is 0 Å². The van der Waals surface area contributed by atoms with Crippen LogP contribution in [0.3, 0.4) is 0 Å². The van der Waals surface area contributed by atoms with Gasteiger partial charge >= 0.3 is 0 Å². The topological polar surface area (TPSA) is 156 Å². The van der Waals surface area contributed by atoms with Gasteiger partial charge in [0, 0.05) is 38.6 Å². The average Bonchev–Trinajstić information content (AvgIpc) is 3.92. The molecule has 0 aliphatic heterocycles. The highest BCUT2D eigenvalue weighted by Gasteiger charge is 2.24. The Morgan fingerprint density at radius 3 is 1.01 bits per heavy atom. The van der Waals surface area contributed by atoms with Crippen LogP contribution in [0.25, 0.3) is 77.2 Å². The fraction of sp³-hybridized carbons (Fsp3) is 0. The van der Waals surface area contributed by atoms with E-state index in [1.165, 1.54) is 24.3 Å². The number of hydrogen-bond donors (Lipinski definition) is 0. The van der Waals surface area contributed by atoms with Gasteiger partial charge < -0.3 is 14.0 Å². The molecule has 0 atom stereocenters. The van der Waals surface area contributed by atoms with Gasteiger partial charge in [-0.15, -0.1) is 0 Å². The predicted octanol–water partition coefficient (Wildman–Crippen LogP) is 13.9. The molecule has 0 amide bonds. The van der Waals surface area contributed by atoms with Crippen molar-refractivity contribution in [2.24, 2.45) is 0 Å². The van der Waals surface area contributed by atoms with Crippen molar-refractivity contribution in [3.8, 4) is 70.0 Å². The number of para-hydroxylation sites is 2. The zero-order valence-electron chi connectivity index (χ0n) is 36.4. The van der Waals surface area contributed by atoms with Crippen LogP contribution in [-0.4, -0.2) is 9.13 Å². The van der Waals surface area contributed by atoms with E-state index >= 15 is 0 Å². The van der Waals surface area contributed by atoms with Crippen molar-refractivity contribution in [3.05, 3.63) is 221 Å². The van der Waals surface area contributed by atoms with E-state index in [1.807, 2.05) is 100 Å². The number of hydrogen-bond acceptors (Lipinski definition) is 7. The van der Waals surface area contributed by atoms with E-state index in [0.29, 0.717) is 11.4 Å². The van der Waals surface area contributed by atoms with Crippen LogP contribution in [0, 0.1) is 68.0 Å². The molecule has 0 saturated carbocycles. The normalized spacial score (nSPS) is 10.8. The van der Waals surface area contributed by atoms with Crippen LogP contribution in [-0.2, 0) is 0 Å². The molecule has 316 valence electrons. The van der Waals surface area contributed by atoms with Crippen LogP contribution < -0.4 is 4.90 Å². The summed E-state index contributed by atoms with van der Waals surface area (Å²) in [6, 6.07) is 74.5. The monoisotopic (exact) mass is 877 g/mol. The lowest BCUT2D eigenvalue weighted by Crippen LogP contribution is -2.10. The Kier molecular flexibility index (Phi) is 9.94. The van der Waals surface area contributed by atoms with Gasteiger partial charge in [0.2, 0.25) is 0 Å². The van der Waals surface area contributed by atoms with Gasteiger partial charge in [-0.25, -0.2) is 0 Å². The van der Waals surface area contributed by atoms with E-state index in [-0.39, 0.29) is 33.4 Å². The quantitative estimate of drug-likeness (QED) is 0.154. The fourth-order valence-corrected chi connectivity index (χ4v) is 9.64. The number of nitriles is 6. The maximum atomic E-state index is 10.4. The molecular formula is C60H31N9. The lowest BCUT2D eigenvalue weighted by atomic mass is 10.00. The molecule has 69 heavy (non-hydrogen) atoms. The van der Waals surface area contributed by atoms with Crippen LogP contribution in [0.1, 0.15) is 33.4 Å². The van der Waals surface area contributed by atoms with Crippen LogP contribution in [0.15, 0.2) is 188 Å². The summed E-state index contributed by atoms with van der Waals surface area (Å²) in [5.41, 5.74) is 12.2. The highest BCUT2D eigenvalue weighted by atomic mass is 15.1. The molecule has 11 rings (SSSR count). The molecule has 11 aromatic rings. The minimum Gasteiger partial charge on any atom is -0.310 e. The molecule has 0 aliphatic carbocycles. The van der Waals surface area contributed by atoms with E-state index < -0.39 is 0 Å². The fourth-order valence-electron chi connectivity index (χ4n) is 9.64. The summed E-state index contributed by atoms with van der Waals surface area (Å²) < 4.78 is 3.87. The Bertz CT molecular complexity index is 3910. The third kappa shape index (κ3) is 6.74. The van der Waals surface area contributed by atoms with Crippen molar-refractivity contribution in [2.45, 2.75) is 0 Å². The van der Waals surface area contributed by atoms with Crippen LogP contribution >= 0.6 is 0 Å². The SMILES string of the molecule is N#Cc1cc(C#N)c(-n2c3ccccc3c3cc(N(c4ccc(-c5ccc(-c6ccccc6)cc5)cc4)c4ccc5c(c4)c4ccccc4n5-c4c(C#N)cc(C#N)cc4C#N)ccc32)c(C#N)c1. The van der Waals surface area contributed by atoms with Gasteiger partial charge in [-0.2, -0.15) is 31.6 Å². The van der Waals surface area contributed by atoms with E-state index in [2.05, 4.69) is 114 Å². The first kappa shape index (κ1) is 41.1. The third-order valence-corrected chi connectivity index (χ3v) is 12.7. The van der Waals surface area contributed by atoms with E-state index in [9.17, 15) is 31.6 Å². The molecule has 2 heterocycles. The number of aromatic nitrogens is 2. The summed E-state index contributed by atoms with van der Waals surface area (Å²) in [5.74, 6) is 0. The highest BCUT2D eigenvalue weighted by Crippen LogP contribution is 2.44. The Balaban J connectivity index is 1.12. The molecule has 9 aromatic carbocycles. The van der Waals surface area contributed by atoms with Gasteiger partial charge in [0.05, 0.1) is 79.0 Å². The number of rotatable bonds is 7.